The van der Waals surface area contributed by atoms with E-state index in [1.165, 1.54) is 12.1 Å². The molecule has 1 aliphatic rings. The molecular formula is C19H21N3O4S. The highest BCUT2D eigenvalue weighted by molar-refractivity contribution is 7.89. The van der Waals surface area contributed by atoms with Crippen LogP contribution in [-0.2, 0) is 10.0 Å². The second-order valence-corrected chi connectivity index (χ2v) is 8.61. The first-order valence-corrected chi connectivity index (χ1v) is 10.4. The first-order valence-electron chi connectivity index (χ1n) is 8.88. The van der Waals surface area contributed by atoms with Gasteiger partial charge in [0.1, 0.15) is 0 Å². The van der Waals surface area contributed by atoms with Gasteiger partial charge in [-0.1, -0.05) is 12.1 Å². The fraction of sp³-hybridized carbons (Fsp3) is 0.316. The minimum absolute atomic E-state index is 0.0326. The van der Waals surface area contributed by atoms with Crippen molar-refractivity contribution in [2.75, 3.05) is 0 Å². The van der Waals surface area contributed by atoms with E-state index in [1.54, 1.807) is 18.3 Å². The van der Waals surface area contributed by atoms with Crippen molar-refractivity contribution in [1.29, 1.82) is 0 Å². The molecule has 4 N–H and O–H groups in total. The number of primary sulfonamides is 1. The molecule has 4 rings (SSSR count). The highest BCUT2D eigenvalue weighted by Gasteiger charge is 2.24. The molecule has 0 aliphatic heterocycles. The summed E-state index contributed by atoms with van der Waals surface area (Å²) in [7, 11) is -3.77. The molecule has 0 spiro atoms. The van der Waals surface area contributed by atoms with Crippen molar-refractivity contribution in [3.8, 4) is 11.1 Å². The Hall–Kier alpha value is -2.42. The molecule has 0 unspecified atom stereocenters. The molecule has 1 saturated carbocycles. The number of benzene rings is 1. The van der Waals surface area contributed by atoms with Gasteiger partial charge in [-0.2, -0.15) is 0 Å². The van der Waals surface area contributed by atoms with Gasteiger partial charge >= 0.3 is 0 Å². The molecule has 1 aliphatic carbocycles. The lowest BCUT2D eigenvalue weighted by Gasteiger charge is -2.27. The Morgan fingerprint density at radius 1 is 1.07 bits per heavy atom. The van der Waals surface area contributed by atoms with Crippen LogP contribution in [0.15, 0.2) is 52.4 Å². The van der Waals surface area contributed by atoms with Gasteiger partial charge in [-0.25, -0.2) is 13.6 Å². The Morgan fingerprint density at radius 2 is 1.74 bits per heavy atom. The second kappa shape index (κ2) is 6.63. The van der Waals surface area contributed by atoms with Crippen LogP contribution in [-0.4, -0.2) is 29.2 Å². The number of aliphatic hydroxyl groups is 1. The second-order valence-electron chi connectivity index (χ2n) is 7.05. The van der Waals surface area contributed by atoms with Gasteiger partial charge in [0.2, 0.25) is 10.0 Å². The summed E-state index contributed by atoms with van der Waals surface area (Å²) in [5, 5.41) is 15.5. The third kappa shape index (κ3) is 3.31. The number of aromatic nitrogens is 2. The molecule has 7 nitrogen and oxygen atoms in total. The lowest BCUT2D eigenvalue weighted by Crippen LogP contribution is -2.20. The molecule has 27 heavy (non-hydrogen) atoms. The van der Waals surface area contributed by atoms with Gasteiger partial charge in [0, 0.05) is 24.0 Å². The van der Waals surface area contributed by atoms with Crippen molar-refractivity contribution < 1.29 is 13.5 Å². The standard InChI is InChI=1S/C19H21N3O4S/c20-27(25,26)15-7-1-12(2-8-15)16-11-22(13-3-5-14(23)6-4-13)17-9-10-21-19(24)18(16)17/h1-2,7-11,13-14,23H,3-6H2,(H,21,24)(H2,20,25,26). The summed E-state index contributed by atoms with van der Waals surface area (Å²) in [6.07, 6.45) is 6.51. The van der Waals surface area contributed by atoms with Crippen LogP contribution >= 0.6 is 0 Å². The van der Waals surface area contributed by atoms with Crippen LogP contribution in [0.1, 0.15) is 31.7 Å². The molecule has 0 saturated heterocycles. The molecule has 142 valence electrons. The van der Waals surface area contributed by atoms with Gasteiger partial charge in [-0.05, 0) is 49.4 Å². The summed E-state index contributed by atoms with van der Waals surface area (Å²) in [6.45, 7) is 0. The summed E-state index contributed by atoms with van der Waals surface area (Å²) in [5.41, 5.74) is 2.15. The van der Waals surface area contributed by atoms with E-state index in [0.29, 0.717) is 5.39 Å². The molecular weight excluding hydrogens is 366 g/mol. The van der Waals surface area contributed by atoms with Gasteiger partial charge < -0.3 is 14.7 Å². The van der Waals surface area contributed by atoms with Gasteiger partial charge in [-0.3, -0.25) is 4.79 Å². The number of hydrogen-bond acceptors (Lipinski definition) is 4. The molecule has 0 bridgehead atoms. The third-order valence-corrected chi connectivity index (χ3v) is 6.24. The van der Waals surface area contributed by atoms with Crippen LogP contribution in [0.25, 0.3) is 22.0 Å². The van der Waals surface area contributed by atoms with Crippen LogP contribution in [0.2, 0.25) is 0 Å². The first kappa shape index (κ1) is 18.0. The van der Waals surface area contributed by atoms with Crippen LogP contribution in [0.3, 0.4) is 0 Å². The summed E-state index contributed by atoms with van der Waals surface area (Å²) >= 11 is 0. The van der Waals surface area contributed by atoms with Gasteiger partial charge in [0.05, 0.1) is 21.9 Å². The monoisotopic (exact) mass is 387 g/mol. The topological polar surface area (TPSA) is 118 Å². The minimum Gasteiger partial charge on any atom is -0.393 e. The Bertz CT molecular complexity index is 1140. The Labute approximate surface area is 156 Å². The highest BCUT2D eigenvalue weighted by atomic mass is 32.2. The molecule has 2 heterocycles. The predicted molar refractivity (Wildman–Crippen MR) is 103 cm³/mol. The maximum Gasteiger partial charge on any atom is 0.258 e. The Morgan fingerprint density at radius 3 is 2.37 bits per heavy atom. The van der Waals surface area contributed by atoms with Gasteiger partial charge in [0.15, 0.2) is 0 Å². The van der Waals surface area contributed by atoms with Crippen molar-refractivity contribution in [2.24, 2.45) is 5.14 Å². The Kier molecular flexibility index (Phi) is 4.41. The summed E-state index contributed by atoms with van der Waals surface area (Å²) < 4.78 is 25.1. The number of hydrogen-bond donors (Lipinski definition) is 3. The van der Waals surface area contributed by atoms with Crippen molar-refractivity contribution in [3.63, 3.8) is 0 Å². The van der Waals surface area contributed by atoms with E-state index in [9.17, 15) is 18.3 Å². The maximum atomic E-state index is 12.5. The van der Waals surface area contributed by atoms with Crippen molar-refractivity contribution in [1.82, 2.24) is 9.55 Å². The predicted octanol–water partition coefficient (Wildman–Crippen LogP) is 2.12. The quantitative estimate of drug-likeness (QED) is 0.638. The summed E-state index contributed by atoms with van der Waals surface area (Å²) in [4.78, 5) is 15.3. The zero-order chi connectivity index (χ0) is 19.2. The molecule has 1 aromatic carbocycles. The average Bonchev–Trinajstić information content (AvgIpc) is 3.03. The molecule has 3 aromatic rings. The lowest BCUT2D eigenvalue weighted by molar-refractivity contribution is 0.111. The zero-order valence-electron chi connectivity index (χ0n) is 14.6. The number of aliphatic hydroxyl groups excluding tert-OH is 1. The number of nitrogens with zero attached hydrogens (tertiary/aromatic N) is 1. The molecule has 1 fully saturated rings. The SMILES string of the molecule is NS(=O)(=O)c1ccc(-c2cn(C3CCC(O)CC3)c3cc[nH]c(=O)c23)cc1. The average molecular weight is 387 g/mol. The van der Waals surface area contributed by atoms with E-state index in [0.717, 1.165) is 42.3 Å². The number of aromatic amines is 1. The molecule has 0 atom stereocenters. The van der Waals surface area contributed by atoms with Crippen LogP contribution in [0.5, 0.6) is 0 Å². The van der Waals surface area contributed by atoms with E-state index in [4.69, 9.17) is 5.14 Å². The first-order chi connectivity index (χ1) is 12.8. The smallest absolute Gasteiger partial charge is 0.258 e. The van der Waals surface area contributed by atoms with Crippen LogP contribution in [0.4, 0.5) is 0 Å². The number of nitrogens with one attached hydrogen (secondary N) is 1. The van der Waals surface area contributed by atoms with E-state index in [1.807, 2.05) is 12.3 Å². The van der Waals surface area contributed by atoms with Crippen LogP contribution < -0.4 is 10.7 Å². The number of sulfonamides is 1. The van der Waals surface area contributed by atoms with E-state index >= 15 is 0 Å². The number of fused-ring (bicyclic) bond motifs is 1. The molecule has 2 aromatic heterocycles. The number of H-pyrrole nitrogens is 1. The highest BCUT2D eigenvalue weighted by Crippen LogP contribution is 2.36. The van der Waals surface area contributed by atoms with Crippen molar-refractivity contribution >= 4 is 20.9 Å². The van der Waals surface area contributed by atoms with Crippen LogP contribution in [0, 0.1) is 0 Å². The number of nitrogens with two attached hydrogens (primary N) is 1. The molecule has 8 heteroatoms. The third-order valence-electron chi connectivity index (χ3n) is 5.31. The molecule has 0 amide bonds. The zero-order valence-corrected chi connectivity index (χ0v) is 15.4. The lowest BCUT2D eigenvalue weighted by atomic mass is 9.93. The molecule has 0 radical (unpaired) electrons. The summed E-state index contributed by atoms with van der Waals surface area (Å²) in [6, 6.07) is 8.31. The largest absolute Gasteiger partial charge is 0.393 e. The normalized spacial score (nSPS) is 20.8. The minimum atomic E-state index is -3.77. The maximum absolute atomic E-state index is 12.5. The van der Waals surface area contributed by atoms with E-state index in [2.05, 4.69) is 9.55 Å². The van der Waals surface area contributed by atoms with Gasteiger partial charge in [-0.15, -0.1) is 0 Å². The van der Waals surface area contributed by atoms with E-state index < -0.39 is 10.0 Å². The van der Waals surface area contributed by atoms with Gasteiger partial charge in [0.25, 0.3) is 5.56 Å². The fourth-order valence-corrected chi connectivity index (χ4v) is 4.41. The fourth-order valence-electron chi connectivity index (χ4n) is 3.90. The Balaban J connectivity index is 1.85. The van der Waals surface area contributed by atoms with Crippen molar-refractivity contribution in [3.05, 3.63) is 53.1 Å². The van der Waals surface area contributed by atoms with Crippen molar-refractivity contribution in [2.45, 2.75) is 42.7 Å². The van der Waals surface area contributed by atoms with E-state index in [-0.39, 0.29) is 22.6 Å². The number of rotatable bonds is 3. The summed E-state index contributed by atoms with van der Waals surface area (Å²) in [5.74, 6) is 0. The number of pyridine rings is 1.